The highest BCUT2D eigenvalue weighted by atomic mass is 16.5. The van der Waals surface area contributed by atoms with E-state index in [1.807, 2.05) is 18.2 Å². The summed E-state index contributed by atoms with van der Waals surface area (Å²) < 4.78 is 15.6. The van der Waals surface area contributed by atoms with E-state index >= 15 is 0 Å². The van der Waals surface area contributed by atoms with Gasteiger partial charge in [-0.2, -0.15) is 0 Å². The number of hydrogen-bond acceptors (Lipinski definition) is 8. The van der Waals surface area contributed by atoms with Crippen LogP contribution in [-0.4, -0.2) is 48.5 Å². The van der Waals surface area contributed by atoms with E-state index in [0.29, 0.717) is 40.6 Å². The van der Waals surface area contributed by atoms with Gasteiger partial charge >= 0.3 is 8.05 Å². The fourth-order valence-electron chi connectivity index (χ4n) is 2.78. The van der Waals surface area contributed by atoms with Crippen LogP contribution in [0.25, 0.3) is 22.4 Å². The molecule has 2 heterocycles. The van der Waals surface area contributed by atoms with Crippen LogP contribution >= 0.6 is 0 Å². The minimum absolute atomic E-state index is 0.416. The van der Waals surface area contributed by atoms with Crippen molar-refractivity contribution >= 4 is 14.0 Å². The summed E-state index contributed by atoms with van der Waals surface area (Å²) in [6.45, 7) is 0. The van der Waals surface area contributed by atoms with E-state index in [1.54, 1.807) is 32.7 Å². The Morgan fingerprint density at radius 1 is 0.964 bits per heavy atom. The summed E-state index contributed by atoms with van der Waals surface area (Å²) in [6.07, 6.45) is 5.62. The first-order chi connectivity index (χ1) is 13.7. The van der Waals surface area contributed by atoms with Gasteiger partial charge in [0, 0.05) is 23.4 Å². The van der Waals surface area contributed by atoms with Crippen molar-refractivity contribution in [1.29, 1.82) is 0 Å². The molecule has 1 aromatic carbocycles. The van der Waals surface area contributed by atoms with Gasteiger partial charge in [-0.1, -0.05) is 6.07 Å². The predicted octanol–water partition coefficient (Wildman–Crippen LogP) is 2.65. The molecule has 0 bridgehead atoms. The first kappa shape index (κ1) is 18.0. The first-order valence-corrected chi connectivity index (χ1v) is 8.77. The molecule has 0 amide bonds. The molecule has 9 heteroatoms. The second kappa shape index (κ2) is 7.71. The molecule has 0 unspecified atom stereocenters. The SMILES string of the molecule is [B]Oc1cc(-c2cnc(OC)c(OC)c2)ccc1-c1cnc(NC2CC2)nn1. The van der Waals surface area contributed by atoms with Crippen LogP contribution in [0.15, 0.2) is 36.7 Å². The highest BCUT2D eigenvalue weighted by Gasteiger charge is 2.22. The molecule has 1 aliphatic carbocycles. The maximum absolute atomic E-state index is 5.50. The van der Waals surface area contributed by atoms with E-state index in [0.717, 1.165) is 24.0 Å². The van der Waals surface area contributed by atoms with Crippen LogP contribution in [0.3, 0.4) is 0 Å². The summed E-state index contributed by atoms with van der Waals surface area (Å²) in [5.41, 5.74) is 2.94. The molecule has 1 fully saturated rings. The van der Waals surface area contributed by atoms with E-state index in [-0.39, 0.29) is 0 Å². The van der Waals surface area contributed by atoms with E-state index < -0.39 is 0 Å². The average Bonchev–Trinajstić information content (AvgIpc) is 3.57. The molecule has 0 atom stereocenters. The van der Waals surface area contributed by atoms with Crippen LogP contribution < -0.4 is 19.4 Å². The summed E-state index contributed by atoms with van der Waals surface area (Å²) in [5.74, 6) is 1.92. The summed E-state index contributed by atoms with van der Waals surface area (Å²) in [7, 11) is 8.61. The molecule has 8 nitrogen and oxygen atoms in total. The third-order valence-corrected chi connectivity index (χ3v) is 4.42. The van der Waals surface area contributed by atoms with Gasteiger partial charge in [0.05, 0.1) is 20.4 Å². The van der Waals surface area contributed by atoms with Gasteiger partial charge in [0.25, 0.3) is 5.88 Å². The molecule has 2 aromatic heterocycles. The minimum atomic E-state index is 0.416. The maximum atomic E-state index is 5.50. The number of benzene rings is 1. The number of aromatic nitrogens is 4. The maximum Gasteiger partial charge on any atom is 0.374 e. The molecular weight excluding hydrogens is 357 g/mol. The summed E-state index contributed by atoms with van der Waals surface area (Å²) in [6, 6.07) is 7.87. The molecular formula is C19H18BN5O3. The standard InChI is InChI=1S/C19H18BN5O3/c1-26-17-8-12(9-21-18(17)27-2)11-3-6-14(16(7-11)28-20)15-10-22-19(25-24-15)23-13-4-5-13/h3,6-10,13H,4-5H2,1-2H3,(H,22,23,25). The molecule has 140 valence electrons. The van der Waals surface area contributed by atoms with Crippen LogP contribution in [0.1, 0.15) is 12.8 Å². The van der Waals surface area contributed by atoms with Crippen LogP contribution in [0.2, 0.25) is 0 Å². The van der Waals surface area contributed by atoms with Crippen LogP contribution in [0.4, 0.5) is 5.95 Å². The Morgan fingerprint density at radius 3 is 2.43 bits per heavy atom. The number of ether oxygens (including phenoxy) is 2. The van der Waals surface area contributed by atoms with Crippen molar-refractivity contribution in [3.63, 3.8) is 0 Å². The number of anilines is 1. The zero-order valence-corrected chi connectivity index (χ0v) is 15.5. The topological polar surface area (TPSA) is 91.3 Å². The van der Waals surface area contributed by atoms with Crippen molar-refractivity contribution in [2.24, 2.45) is 0 Å². The predicted molar refractivity (Wildman–Crippen MR) is 105 cm³/mol. The number of pyridine rings is 1. The molecule has 2 radical (unpaired) electrons. The van der Waals surface area contributed by atoms with E-state index in [4.69, 9.17) is 22.2 Å². The minimum Gasteiger partial charge on any atom is -0.567 e. The molecule has 0 spiro atoms. The van der Waals surface area contributed by atoms with Crippen molar-refractivity contribution in [2.75, 3.05) is 19.5 Å². The molecule has 1 N–H and O–H groups in total. The lowest BCUT2D eigenvalue weighted by Gasteiger charge is -2.12. The number of nitrogens with zero attached hydrogens (tertiary/aromatic N) is 4. The quantitative estimate of drug-likeness (QED) is 0.631. The van der Waals surface area contributed by atoms with Crippen LogP contribution in [0.5, 0.6) is 17.4 Å². The molecule has 0 saturated heterocycles. The van der Waals surface area contributed by atoms with Crippen LogP contribution in [0, 0.1) is 0 Å². The zero-order chi connectivity index (χ0) is 19.5. The van der Waals surface area contributed by atoms with Gasteiger partial charge in [-0.05, 0) is 36.6 Å². The fourth-order valence-corrected chi connectivity index (χ4v) is 2.78. The lowest BCUT2D eigenvalue weighted by atomic mass is 10.0. The Bertz CT molecular complexity index is 980. The van der Waals surface area contributed by atoms with Gasteiger partial charge in [0.2, 0.25) is 5.95 Å². The van der Waals surface area contributed by atoms with Crippen molar-refractivity contribution in [3.8, 4) is 39.8 Å². The van der Waals surface area contributed by atoms with Crippen molar-refractivity contribution in [3.05, 3.63) is 36.7 Å². The first-order valence-electron chi connectivity index (χ1n) is 8.77. The van der Waals surface area contributed by atoms with E-state index in [1.165, 1.54) is 0 Å². The zero-order valence-electron chi connectivity index (χ0n) is 15.5. The lowest BCUT2D eigenvalue weighted by Crippen LogP contribution is -2.06. The molecule has 3 aromatic rings. The second-order valence-corrected chi connectivity index (χ2v) is 6.35. The number of nitrogens with one attached hydrogen (secondary N) is 1. The van der Waals surface area contributed by atoms with Crippen molar-refractivity contribution in [1.82, 2.24) is 20.2 Å². The summed E-state index contributed by atoms with van der Waals surface area (Å²) in [5, 5.41) is 11.6. The Labute approximate surface area is 163 Å². The molecule has 4 rings (SSSR count). The summed E-state index contributed by atoms with van der Waals surface area (Å²) >= 11 is 0. The average molecular weight is 375 g/mol. The van der Waals surface area contributed by atoms with E-state index in [2.05, 4.69) is 25.5 Å². The second-order valence-electron chi connectivity index (χ2n) is 6.35. The van der Waals surface area contributed by atoms with Crippen molar-refractivity contribution in [2.45, 2.75) is 18.9 Å². The van der Waals surface area contributed by atoms with Gasteiger partial charge in [-0.25, -0.2) is 9.97 Å². The lowest BCUT2D eigenvalue weighted by molar-refractivity contribution is 0.343. The number of rotatable bonds is 7. The fraction of sp³-hybridized carbons (Fsp3) is 0.263. The molecule has 0 aliphatic heterocycles. The highest BCUT2D eigenvalue weighted by Crippen LogP contribution is 2.35. The van der Waals surface area contributed by atoms with Crippen LogP contribution in [-0.2, 0) is 0 Å². The smallest absolute Gasteiger partial charge is 0.374 e. The third kappa shape index (κ3) is 3.69. The molecule has 28 heavy (non-hydrogen) atoms. The van der Waals surface area contributed by atoms with Crippen molar-refractivity contribution < 1.29 is 14.1 Å². The normalized spacial score (nSPS) is 13.1. The Hall–Kier alpha value is -3.36. The molecule has 1 aliphatic rings. The summed E-state index contributed by atoms with van der Waals surface area (Å²) in [4.78, 5) is 8.57. The van der Waals surface area contributed by atoms with Gasteiger partial charge < -0.3 is 19.4 Å². The number of hydrogen-bond donors (Lipinski definition) is 1. The third-order valence-electron chi connectivity index (χ3n) is 4.42. The Kier molecular flexibility index (Phi) is 4.97. The van der Waals surface area contributed by atoms with Gasteiger partial charge in [0.15, 0.2) is 5.75 Å². The Morgan fingerprint density at radius 2 is 1.79 bits per heavy atom. The highest BCUT2D eigenvalue weighted by molar-refractivity contribution is 6.01. The Balaban J connectivity index is 1.64. The number of methoxy groups -OCH3 is 2. The van der Waals surface area contributed by atoms with E-state index in [9.17, 15) is 0 Å². The molecule has 1 saturated carbocycles. The van der Waals surface area contributed by atoms with Gasteiger partial charge in [0.1, 0.15) is 11.4 Å². The van der Waals surface area contributed by atoms with Gasteiger partial charge in [-0.15, -0.1) is 10.2 Å². The largest absolute Gasteiger partial charge is 0.567 e. The monoisotopic (exact) mass is 375 g/mol. The van der Waals surface area contributed by atoms with Gasteiger partial charge in [-0.3, -0.25) is 0 Å².